The Kier molecular flexibility index (Phi) is 6.29. The molecule has 126 valence electrons. The molecule has 0 unspecified atom stereocenters. The van der Waals surface area contributed by atoms with Crippen LogP contribution in [0, 0.1) is 6.92 Å². The summed E-state index contributed by atoms with van der Waals surface area (Å²) in [4.78, 5) is 0. The molecule has 0 amide bonds. The molecule has 0 aromatic heterocycles. The van der Waals surface area contributed by atoms with Crippen molar-refractivity contribution in [2.75, 3.05) is 7.11 Å². The second-order valence-corrected chi connectivity index (χ2v) is 23.5. The largest absolute Gasteiger partial charge is 0.496 e. The van der Waals surface area contributed by atoms with Gasteiger partial charge in [0, 0.05) is 0 Å². The number of ether oxygens (including phenoxy) is 1. The lowest BCUT2D eigenvalue weighted by Crippen LogP contribution is -2.48. The molecule has 0 aliphatic carbocycles. The van der Waals surface area contributed by atoms with Gasteiger partial charge in [0.25, 0.3) is 0 Å². The number of benzene rings is 1. The van der Waals surface area contributed by atoms with E-state index in [0.29, 0.717) is 0 Å². The van der Waals surface area contributed by atoms with Crippen molar-refractivity contribution in [1.29, 1.82) is 0 Å². The van der Waals surface area contributed by atoms with Gasteiger partial charge in [-0.05, 0) is 68.6 Å². The SMILES string of the molecule is COc1cc(C[Si](C)(C)C[Si](C)(C)O[Si](C)(C)C)ccc1C. The van der Waals surface area contributed by atoms with Crippen LogP contribution in [-0.2, 0) is 10.2 Å². The average molecular weight is 355 g/mol. The first-order valence-corrected chi connectivity index (χ1v) is 18.1. The van der Waals surface area contributed by atoms with Crippen LogP contribution in [0.4, 0.5) is 0 Å². The summed E-state index contributed by atoms with van der Waals surface area (Å²) in [6.07, 6.45) is 0. The van der Waals surface area contributed by atoms with Crippen LogP contribution in [0.25, 0.3) is 0 Å². The van der Waals surface area contributed by atoms with Crippen LogP contribution in [-0.4, -0.2) is 31.8 Å². The summed E-state index contributed by atoms with van der Waals surface area (Å²) < 4.78 is 12.0. The Morgan fingerprint density at radius 3 is 2.05 bits per heavy atom. The zero-order chi connectivity index (χ0) is 17.2. The van der Waals surface area contributed by atoms with Gasteiger partial charge < -0.3 is 8.85 Å². The van der Waals surface area contributed by atoms with Gasteiger partial charge in [-0.15, -0.1) is 0 Å². The minimum absolute atomic E-state index is 1.01. The zero-order valence-electron chi connectivity index (χ0n) is 16.0. The van der Waals surface area contributed by atoms with Gasteiger partial charge in [0.05, 0.1) is 15.2 Å². The molecule has 0 saturated heterocycles. The second-order valence-electron chi connectivity index (χ2n) is 8.80. The molecule has 0 aliphatic rings. The Morgan fingerprint density at radius 2 is 1.55 bits per heavy atom. The molecule has 0 radical (unpaired) electrons. The third-order valence-electron chi connectivity index (χ3n) is 3.64. The molecule has 0 aliphatic heterocycles. The summed E-state index contributed by atoms with van der Waals surface area (Å²) in [6, 6.07) is 7.87. The lowest BCUT2D eigenvalue weighted by molar-refractivity contribution is 0.411. The summed E-state index contributed by atoms with van der Waals surface area (Å²) in [6.45, 7) is 18.8. The molecule has 2 nitrogen and oxygen atoms in total. The van der Waals surface area contributed by atoms with E-state index < -0.39 is 24.7 Å². The van der Waals surface area contributed by atoms with Crippen molar-refractivity contribution in [2.45, 2.75) is 64.5 Å². The van der Waals surface area contributed by atoms with Crippen molar-refractivity contribution in [3.8, 4) is 5.75 Å². The number of hydrogen-bond acceptors (Lipinski definition) is 2. The highest BCUT2D eigenvalue weighted by Crippen LogP contribution is 2.28. The summed E-state index contributed by atoms with van der Waals surface area (Å²) in [5.74, 6) is 1.01. The van der Waals surface area contributed by atoms with E-state index in [1.165, 1.54) is 22.8 Å². The van der Waals surface area contributed by atoms with Gasteiger partial charge in [-0.3, -0.25) is 0 Å². The van der Waals surface area contributed by atoms with Crippen LogP contribution in [0.1, 0.15) is 11.1 Å². The Balaban J connectivity index is 2.82. The monoisotopic (exact) mass is 354 g/mol. The first-order valence-electron chi connectivity index (χ1n) is 8.17. The number of methoxy groups -OCH3 is 1. The second kappa shape index (κ2) is 7.03. The minimum Gasteiger partial charge on any atom is -0.496 e. The Bertz CT molecular complexity index is 505. The normalized spacial score (nSPS) is 13.3. The van der Waals surface area contributed by atoms with Crippen LogP contribution >= 0.6 is 0 Å². The van der Waals surface area contributed by atoms with Gasteiger partial charge >= 0.3 is 0 Å². The molecule has 0 fully saturated rings. The highest BCUT2D eigenvalue weighted by Gasteiger charge is 2.36. The van der Waals surface area contributed by atoms with E-state index in [-0.39, 0.29) is 0 Å². The summed E-state index contributed by atoms with van der Waals surface area (Å²) in [5, 5.41) is 0. The fraction of sp³-hybridized carbons (Fsp3) is 0.647. The van der Waals surface area contributed by atoms with E-state index >= 15 is 0 Å². The van der Waals surface area contributed by atoms with Crippen LogP contribution < -0.4 is 4.74 Å². The van der Waals surface area contributed by atoms with Gasteiger partial charge in [-0.2, -0.15) is 0 Å². The predicted molar refractivity (Wildman–Crippen MR) is 106 cm³/mol. The van der Waals surface area contributed by atoms with E-state index in [0.717, 1.165) is 5.75 Å². The molecule has 1 aromatic carbocycles. The molecule has 5 heteroatoms. The Hall–Kier alpha value is -0.369. The van der Waals surface area contributed by atoms with E-state index in [9.17, 15) is 0 Å². The zero-order valence-corrected chi connectivity index (χ0v) is 19.0. The van der Waals surface area contributed by atoms with Crippen LogP contribution in [0.15, 0.2) is 18.2 Å². The first kappa shape index (κ1) is 19.7. The van der Waals surface area contributed by atoms with E-state index in [2.05, 4.69) is 71.0 Å². The number of rotatable bonds is 7. The van der Waals surface area contributed by atoms with Gasteiger partial charge in [0.15, 0.2) is 16.6 Å². The summed E-state index contributed by atoms with van der Waals surface area (Å²) >= 11 is 0. The van der Waals surface area contributed by atoms with Crippen molar-refractivity contribution in [3.63, 3.8) is 0 Å². The van der Waals surface area contributed by atoms with Gasteiger partial charge in [0.2, 0.25) is 0 Å². The van der Waals surface area contributed by atoms with Crippen LogP contribution in [0.2, 0.25) is 51.5 Å². The third-order valence-corrected chi connectivity index (χ3v) is 16.9. The Labute approximate surface area is 140 Å². The molecular weight excluding hydrogens is 320 g/mol. The summed E-state index contributed by atoms with van der Waals surface area (Å²) in [7, 11) is -2.58. The first-order chi connectivity index (χ1) is 9.84. The molecule has 1 rings (SSSR count). The summed E-state index contributed by atoms with van der Waals surface area (Å²) in [5.41, 5.74) is 3.94. The lowest BCUT2D eigenvalue weighted by Gasteiger charge is -2.37. The standard InChI is InChI=1S/C17H34O2Si3/c1-15-10-11-16(12-17(15)18-2)13-21(6,7)14-22(8,9)19-20(3,4)5/h10-12H,13-14H2,1-9H3. The molecule has 0 spiro atoms. The van der Waals surface area contributed by atoms with E-state index in [4.69, 9.17) is 8.85 Å². The lowest BCUT2D eigenvalue weighted by atomic mass is 10.1. The highest BCUT2D eigenvalue weighted by molar-refractivity contribution is 6.95. The van der Waals surface area contributed by atoms with Crippen molar-refractivity contribution in [3.05, 3.63) is 29.3 Å². The predicted octanol–water partition coefficient (Wildman–Crippen LogP) is 5.39. The number of aryl methyl sites for hydroxylation is 1. The highest BCUT2D eigenvalue weighted by atomic mass is 28.4. The van der Waals surface area contributed by atoms with Crippen LogP contribution in [0.3, 0.4) is 0 Å². The maximum absolute atomic E-state index is 6.55. The minimum atomic E-state index is -1.57. The maximum Gasteiger partial charge on any atom is 0.170 e. The third kappa shape index (κ3) is 6.81. The fourth-order valence-corrected chi connectivity index (χ4v) is 22.2. The van der Waals surface area contributed by atoms with E-state index in [1.807, 2.05) is 0 Å². The smallest absolute Gasteiger partial charge is 0.170 e. The molecule has 0 saturated carbocycles. The Morgan fingerprint density at radius 1 is 0.955 bits per heavy atom. The quantitative estimate of drug-likeness (QED) is 0.611. The van der Waals surface area contributed by atoms with Crippen molar-refractivity contribution in [2.24, 2.45) is 0 Å². The number of hydrogen-bond donors (Lipinski definition) is 0. The topological polar surface area (TPSA) is 18.5 Å². The van der Waals surface area contributed by atoms with Gasteiger partial charge in [-0.1, -0.05) is 25.2 Å². The van der Waals surface area contributed by atoms with Crippen LogP contribution in [0.5, 0.6) is 5.75 Å². The molecule has 22 heavy (non-hydrogen) atoms. The van der Waals surface area contributed by atoms with E-state index in [1.54, 1.807) is 7.11 Å². The fourth-order valence-electron chi connectivity index (χ4n) is 3.61. The van der Waals surface area contributed by atoms with Crippen molar-refractivity contribution >= 4 is 24.7 Å². The molecule has 0 bridgehead atoms. The molecule has 0 N–H and O–H groups in total. The molecule has 0 heterocycles. The van der Waals surface area contributed by atoms with Gasteiger partial charge in [-0.25, -0.2) is 0 Å². The van der Waals surface area contributed by atoms with Crippen molar-refractivity contribution in [1.82, 2.24) is 0 Å². The molecule has 0 atom stereocenters. The van der Waals surface area contributed by atoms with Gasteiger partial charge in [0.1, 0.15) is 5.75 Å². The molecule has 1 aromatic rings. The average Bonchev–Trinajstić information content (AvgIpc) is 2.26. The van der Waals surface area contributed by atoms with Crippen molar-refractivity contribution < 1.29 is 8.85 Å². The molecular formula is C17H34O2Si3. The maximum atomic E-state index is 6.55.